The molecule has 4 rings (SSSR count). The van der Waals surface area contributed by atoms with Crippen LogP contribution < -0.4 is 4.57 Å². The summed E-state index contributed by atoms with van der Waals surface area (Å²) in [5.41, 5.74) is 7.45. The summed E-state index contributed by atoms with van der Waals surface area (Å²) < 4.78 is 8.17. The Bertz CT molecular complexity index is 1060. The summed E-state index contributed by atoms with van der Waals surface area (Å²) in [5.74, 6) is 0. The average Bonchev–Trinajstić information content (AvgIpc) is 2.86. The normalized spacial score (nSPS) is 11.5. The summed E-state index contributed by atoms with van der Waals surface area (Å²) in [4.78, 5) is 4.54. The lowest BCUT2D eigenvalue weighted by Crippen LogP contribution is -2.31. The molecule has 3 aromatic heterocycles. The van der Waals surface area contributed by atoms with E-state index >= 15 is 0 Å². The van der Waals surface area contributed by atoms with Crippen LogP contribution in [0.5, 0.6) is 0 Å². The molecule has 0 spiro atoms. The van der Waals surface area contributed by atoms with Crippen LogP contribution in [0.25, 0.3) is 33.3 Å². The predicted octanol–water partition coefficient (Wildman–Crippen LogP) is 4.40. The van der Waals surface area contributed by atoms with Gasteiger partial charge in [-0.1, -0.05) is 6.07 Å². The van der Waals surface area contributed by atoms with Crippen LogP contribution in [0.2, 0.25) is 0 Å². The van der Waals surface area contributed by atoms with Gasteiger partial charge in [0.15, 0.2) is 6.20 Å². The number of aromatic nitrogens is 2. The lowest BCUT2D eigenvalue weighted by atomic mass is 9.98. The Labute approximate surface area is 135 Å². The molecule has 3 nitrogen and oxygen atoms in total. The molecule has 0 atom stereocenters. The monoisotopic (exact) mass is 303 g/mol. The molecule has 0 radical (unpaired) electrons. The van der Waals surface area contributed by atoms with Gasteiger partial charge in [-0.15, -0.1) is 0 Å². The Balaban J connectivity index is 2.16. The van der Waals surface area contributed by atoms with Crippen LogP contribution in [0.1, 0.15) is 16.8 Å². The highest BCUT2D eigenvalue weighted by Gasteiger charge is 2.20. The van der Waals surface area contributed by atoms with E-state index in [4.69, 9.17) is 4.42 Å². The quantitative estimate of drug-likeness (QED) is 0.488. The molecule has 114 valence electrons. The van der Waals surface area contributed by atoms with Crippen molar-refractivity contribution in [2.45, 2.75) is 20.8 Å². The van der Waals surface area contributed by atoms with Gasteiger partial charge in [-0.25, -0.2) is 9.55 Å². The minimum absolute atomic E-state index is 0.710. The molecule has 0 aliphatic heterocycles. The van der Waals surface area contributed by atoms with E-state index in [-0.39, 0.29) is 0 Å². The van der Waals surface area contributed by atoms with Crippen LogP contribution >= 0.6 is 0 Å². The maximum atomic E-state index is 5.99. The van der Waals surface area contributed by atoms with Gasteiger partial charge < -0.3 is 4.42 Å². The average molecular weight is 303 g/mol. The molecule has 0 N–H and O–H groups in total. The molecule has 0 saturated carbocycles. The van der Waals surface area contributed by atoms with Crippen molar-refractivity contribution in [3.05, 3.63) is 59.4 Å². The van der Waals surface area contributed by atoms with Crippen molar-refractivity contribution in [2.24, 2.45) is 7.05 Å². The number of nitrogens with zero attached hydrogens (tertiary/aromatic N) is 2. The molecule has 0 aliphatic carbocycles. The van der Waals surface area contributed by atoms with Crippen LogP contribution in [0.4, 0.5) is 0 Å². The van der Waals surface area contributed by atoms with Gasteiger partial charge in [0.2, 0.25) is 11.4 Å². The zero-order chi connectivity index (χ0) is 16.1. The fourth-order valence-corrected chi connectivity index (χ4v) is 3.28. The summed E-state index contributed by atoms with van der Waals surface area (Å²) >= 11 is 0. The first-order valence-electron chi connectivity index (χ1n) is 7.81. The van der Waals surface area contributed by atoms with Crippen LogP contribution in [-0.2, 0) is 7.05 Å². The first-order chi connectivity index (χ1) is 11.0. The molecule has 4 aromatic rings. The topological polar surface area (TPSA) is 29.9 Å². The summed E-state index contributed by atoms with van der Waals surface area (Å²) in [6, 6.07) is 12.6. The highest BCUT2D eigenvalue weighted by molar-refractivity contribution is 6.11. The van der Waals surface area contributed by atoms with E-state index in [0.29, 0.717) is 5.71 Å². The molecule has 3 heterocycles. The molecule has 0 saturated heterocycles. The summed E-state index contributed by atoms with van der Waals surface area (Å²) in [6.07, 6.45) is 2.15. The third-order valence-electron chi connectivity index (χ3n) is 4.39. The fourth-order valence-electron chi connectivity index (χ4n) is 3.28. The Morgan fingerprint density at radius 3 is 2.57 bits per heavy atom. The highest BCUT2D eigenvalue weighted by atomic mass is 16.3. The van der Waals surface area contributed by atoms with E-state index in [9.17, 15) is 0 Å². The van der Waals surface area contributed by atoms with Gasteiger partial charge in [-0.2, -0.15) is 0 Å². The number of aryl methyl sites for hydroxylation is 4. The molecule has 0 bridgehead atoms. The van der Waals surface area contributed by atoms with Crippen molar-refractivity contribution in [2.75, 3.05) is 0 Å². The minimum atomic E-state index is 0.710. The number of benzene rings is 1. The van der Waals surface area contributed by atoms with E-state index in [0.717, 1.165) is 22.0 Å². The molecular formula is C20H19N2O+. The molecule has 0 unspecified atom stereocenters. The fraction of sp³-hybridized carbons (Fsp3) is 0.200. The second-order valence-electron chi connectivity index (χ2n) is 6.24. The van der Waals surface area contributed by atoms with E-state index in [1.54, 1.807) is 0 Å². The van der Waals surface area contributed by atoms with Gasteiger partial charge in [0, 0.05) is 28.1 Å². The first-order valence-corrected chi connectivity index (χ1v) is 7.81. The third-order valence-corrected chi connectivity index (χ3v) is 4.39. The van der Waals surface area contributed by atoms with E-state index in [1.165, 1.54) is 22.4 Å². The minimum Gasteiger partial charge on any atom is -0.438 e. The third kappa shape index (κ3) is 2.12. The Morgan fingerprint density at radius 2 is 1.78 bits per heavy atom. The van der Waals surface area contributed by atoms with Gasteiger partial charge >= 0.3 is 0 Å². The smallest absolute Gasteiger partial charge is 0.227 e. The van der Waals surface area contributed by atoms with E-state index in [1.807, 2.05) is 19.1 Å². The first kappa shape index (κ1) is 13.9. The maximum Gasteiger partial charge on any atom is 0.227 e. The number of hydrogen-bond acceptors (Lipinski definition) is 2. The Hall–Kier alpha value is -2.68. The van der Waals surface area contributed by atoms with E-state index in [2.05, 4.69) is 60.9 Å². The zero-order valence-corrected chi connectivity index (χ0v) is 13.8. The maximum absolute atomic E-state index is 5.99. The summed E-state index contributed by atoms with van der Waals surface area (Å²) in [7, 11) is 2.09. The van der Waals surface area contributed by atoms with Gasteiger partial charge in [-0.3, -0.25) is 0 Å². The van der Waals surface area contributed by atoms with Crippen LogP contribution in [0.3, 0.4) is 0 Å². The number of furan rings is 1. The number of fused-ring (bicyclic) bond motifs is 3. The van der Waals surface area contributed by atoms with Crippen LogP contribution in [0, 0.1) is 20.8 Å². The second-order valence-corrected chi connectivity index (χ2v) is 6.24. The summed E-state index contributed by atoms with van der Waals surface area (Å²) in [6.45, 7) is 6.24. The van der Waals surface area contributed by atoms with Crippen molar-refractivity contribution in [1.82, 2.24) is 4.98 Å². The molecule has 1 aromatic carbocycles. The van der Waals surface area contributed by atoms with Gasteiger partial charge in [0.05, 0.1) is 5.56 Å². The standard InChI is InChI=1S/C20H19N2O/c1-12-5-9-16(22(4)11-12)18-13(2)6-10-17-19(18)15-8-7-14(3)21-20(15)23-17/h5-11H,1-4H3/q+1. The SMILES string of the molecule is Cc1ccc(-c2c(C)ccc3oc4nc(C)ccc4c23)[n+](C)c1. The number of hydrogen-bond donors (Lipinski definition) is 0. The van der Waals surface area contributed by atoms with Gasteiger partial charge in [0.25, 0.3) is 0 Å². The molecule has 0 amide bonds. The predicted molar refractivity (Wildman–Crippen MR) is 92.3 cm³/mol. The largest absolute Gasteiger partial charge is 0.438 e. The van der Waals surface area contributed by atoms with Crippen molar-refractivity contribution in [3.63, 3.8) is 0 Å². The Morgan fingerprint density at radius 1 is 0.957 bits per heavy atom. The second kappa shape index (κ2) is 4.92. The van der Waals surface area contributed by atoms with E-state index < -0.39 is 0 Å². The Kier molecular flexibility index (Phi) is 2.98. The van der Waals surface area contributed by atoms with Crippen LogP contribution in [0.15, 0.2) is 47.0 Å². The van der Waals surface area contributed by atoms with Crippen molar-refractivity contribution in [3.8, 4) is 11.3 Å². The zero-order valence-electron chi connectivity index (χ0n) is 13.8. The highest BCUT2D eigenvalue weighted by Crippen LogP contribution is 2.37. The summed E-state index contributed by atoms with van der Waals surface area (Å²) in [5, 5.41) is 2.22. The van der Waals surface area contributed by atoms with Gasteiger partial charge in [-0.05, 0) is 50.6 Å². The lowest BCUT2D eigenvalue weighted by molar-refractivity contribution is -0.660. The molecule has 23 heavy (non-hydrogen) atoms. The lowest BCUT2D eigenvalue weighted by Gasteiger charge is -2.06. The van der Waals surface area contributed by atoms with Crippen molar-refractivity contribution < 1.29 is 8.98 Å². The molecule has 3 heteroatoms. The van der Waals surface area contributed by atoms with Gasteiger partial charge in [0.1, 0.15) is 12.6 Å². The molecular weight excluding hydrogens is 284 g/mol. The van der Waals surface area contributed by atoms with Crippen LogP contribution in [-0.4, -0.2) is 4.98 Å². The van der Waals surface area contributed by atoms with Crippen molar-refractivity contribution >= 4 is 22.1 Å². The number of rotatable bonds is 1. The van der Waals surface area contributed by atoms with Crippen molar-refractivity contribution in [1.29, 1.82) is 0 Å². The molecule has 0 fully saturated rings. The molecule has 0 aliphatic rings. The number of pyridine rings is 2.